The van der Waals surface area contributed by atoms with E-state index in [0.29, 0.717) is 5.82 Å². The van der Waals surface area contributed by atoms with Gasteiger partial charge in [0, 0.05) is 6.20 Å². The molecule has 0 aliphatic rings. The summed E-state index contributed by atoms with van der Waals surface area (Å²) in [6.07, 6.45) is 3.16. The molecular formula is C9H7N5. The molecule has 0 atom stereocenters. The summed E-state index contributed by atoms with van der Waals surface area (Å²) in [7, 11) is 0. The van der Waals surface area contributed by atoms with E-state index in [1.807, 2.05) is 12.1 Å². The van der Waals surface area contributed by atoms with E-state index in [9.17, 15) is 0 Å². The minimum atomic E-state index is 0.458. The van der Waals surface area contributed by atoms with Crippen molar-refractivity contribution < 1.29 is 0 Å². The van der Waals surface area contributed by atoms with Crippen molar-refractivity contribution in [1.29, 1.82) is 0 Å². The van der Waals surface area contributed by atoms with Gasteiger partial charge in [0.05, 0.1) is 10.9 Å². The minimum Gasteiger partial charge on any atom is -0.383 e. The van der Waals surface area contributed by atoms with E-state index in [4.69, 9.17) is 5.73 Å². The van der Waals surface area contributed by atoms with Crippen molar-refractivity contribution in [2.24, 2.45) is 0 Å². The Bertz CT molecular complexity index is 613. The molecule has 3 heterocycles. The van der Waals surface area contributed by atoms with Crippen LogP contribution in [0.3, 0.4) is 0 Å². The number of hydrogen-bond acceptors (Lipinski definition) is 4. The fourth-order valence-corrected chi connectivity index (χ4v) is 1.56. The highest BCUT2D eigenvalue weighted by Crippen LogP contribution is 2.24. The molecule has 3 rings (SSSR count). The van der Waals surface area contributed by atoms with Crippen LogP contribution in [0.25, 0.3) is 22.1 Å². The normalized spacial score (nSPS) is 11.1. The minimum absolute atomic E-state index is 0.458. The maximum absolute atomic E-state index is 5.76. The molecule has 0 radical (unpaired) electrons. The van der Waals surface area contributed by atoms with Crippen molar-refractivity contribution in [2.45, 2.75) is 0 Å². The van der Waals surface area contributed by atoms with E-state index in [1.165, 1.54) is 6.33 Å². The lowest BCUT2D eigenvalue weighted by atomic mass is 10.3. The summed E-state index contributed by atoms with van der Waals surface area (Å²) in [5, 5.41) is 0.795. The second-order valence-corrected chi connectivity index (χ2v) is 3.01. The molecule has 5 heteroatoms. The zero-order chi connectivity index (χ0) is 9.54. The van der Waals surface area contributed by atoms with E-state index in [0.717, 1.165) is 22.1 Å². The first-order valence-corrected chi connectivity index (χ1v) is 4.19. The van der Waals surface area contributed by atoms with Crippen molar-refractivity contribution in [3.8, 4) is 0 Å². The van der Waals surface area contributed by atoms with Gasteiger partial charge in [-0.05, 0) is 12.1 Å². The molecule has 14 heavy (non-hydrogen) atoms. The number of fused-ring (bicyclic) bond motifs is 3. The van der Waals surface area contributed by atoms with Crippen LogP contribution in [-0.4, -0.2) is 19.9 Å². The number of nitrogen functional groups attached to an aromatic ring is 1. The first kappa shape index (κ1) is 7.25. The van der Waals surface area contributed by atoms with Crippen LogP contribution in [0, 0.1) is 0 Å². The van der Waals surface area contributed by atoms with Gasteiger partial charge >= 0.3 is 0 Å². The van der Waals surface area contributed by atoms with Crippen LogP contribution in [0.2, 0.25) is 0 Å². The fraction of sp³-hybridized carbons (Fsp3) is 0. The zero-order valence-electron chi connectivity index (χ0n) is 7.23. The summed E-state index contributed by atoms with van der Waals surface area (Å²) in [5.74, 6) is 0.458. The van der Waals surface area contributed by atoms with Gasteiger partial charge in [0.1, 0.15) is 23.3 Å². The Kier molecular flexibility index (Phi) is 1.25. The van der Waals surface area contributed by atoms with E-state index in [-0.39, 0.29) is 0 Å². The summed E-state index contributed by atoms with van der Waals surface area (Å²) in [6, 6.07) is 3.80. The number of aromatic nitrogens is 4. The van der Waals surface area contributed by atoms with Crippen LogP contribution in [0.1, 0.15) is 0 Å². The Labute approximate surface area is 79.0 Å². The Morgan fingerprint density at radius 1 is 1.21 bits per heavy atom. The van der Waals surface area contributed by atoms with Gasteiger partial charge < -0.3 is 10.7 Å². The molecule has 68 valence electrons. The van der Waals surface area contributed by atoms with Gasteiger partial charge in [-0.15, -0.1) is 0 Å². The molecule has 0 unspecified atom stereocenters. The highest BCUT2D eigenvalue weighted by molar-refractivity contribution is 6.08. The molecule has 3 aromatic heterocycles. The monoisotopic (exact) mass is 185 g/mol. The van der Waals surface area contributed by atoms with E-state index >= 15 is 0 Å². The van der Waals surface area contributed by atoms with Crippen LogP contribution in [0.15, 0.2) is 24.7 Å². The van der Waals surface area contributed by atoms with Gasteiger partial charge in [-0.2, -0.15) is 0 Å². The van der Waals surface area contributed by atoms with E-state index in [2.05, 4.69) is 19.9 Å². The van der Waals surface area contributed by atoms with Gasteiger partial charge in [0.2, 0.25) is 0 Å². The molecule has 3 aromatic rings. The van der Waals surface area contributed by atoms with Gasteiger partial charge in [-0.25, -0.2) is 9.97 Å². The fourth-order valence-electron chi connectivity index (χ4n) is 1.56. The van der Waals surface area contributed by atoms with Crippen LogP contribution >= 0.6 is 0 Å². The number of H-pyrrole nitrogens is 1. The molecule has 3 N–H and O–H groups in total. The summed E-state index contributed by atoms with van der Waals surface area (Å²) < 4.78 is 0. The van der Waals surface area contributed by atoms with Crippen LogP contribution in [-0.2, 0) is 0 Å². The maximum atomic E-state index is 5.76. The lowest BCUT2D eigenvalue weighted by Gasteiger charge is -1.92. The maximum Gasteiger partial charge on any atom is 0.145 e. The Morgan fingerprint density at radius 3 is 3.07 bits per heavy atom. The molecule has 0 amide bonds. The average molecular weight is 185 g/mol. The van der Waals surface area contributed by atoms with Crippen molar-refractivity contribution in [3.63, 3.8) is 0 Å². The molecule has 0 fully saturated rings. The number of nitrogens with zero attached hydrogens (tertiary/aromatic N) is 3. The Morgan fingerprint density at radius 2 is 2.14 bits per heavy atom. The third-order valence-electron chi connectivity index (χ3n) is 2.17. The zero-order valence-corrected chi connectivity index (χ0v) is 7.23. The Balaban J connectivity index is 2.65. The highest BCUT2D eigenvalue weighted by atomic mass is 15.0. The van der Waals surface area contributed by atoms with Gasteiger partial charge in [-0.3, -0.25) is 4.98 Å². The third kappa shape index (κ3) is 0.806. The summed E-state index contributed by atoms with van der Waals surface area (Å²) in [5.41, 5.74) is 8.23. The topological polar surface area (TPSA) is 80.5 Å². The SMILES string of the molecule is Nc1ncnc2[nH]c3cccnc3c12. The predicted octanol–water partition coefficient (Wildman–Crippen LogP) is 1.09. The van der Waals surface area contributed by atoms with Crippen molar-refractivity contribution in [3.05, 3.63) is 24.7 Å². The lowest BCUT2D eigenvalue weighted by molar-refractivity contribution is 1.21. The molecule has 0 aliphatic heterocycles. The van der Waals surface area contributed by atoms with E-state index < -0.39 is 0 Å². The molecule has 0 aliphatic carbocycles. The summed E-state index contributed by atoms with van der Waals surface area (Å²) in [4.78, 5) is 15.4. The third-order valence-corrected chi connectivity index (χ3v) is 2.17. The van der Waals surface area contributed by atoms with Crippen molar-refractivity contribution >= 4 is 27.9 Å². The first-order valence-electron chi connectivity index (χ1n) is 4.19. The van der Waals surface area contributed by atoms with Gasteiger partial charge in [0.25, 0.3) is 0 Å². The molecule has 0 saturated heterocycles. The number of anilines is 1. The number of hydrogen-bond donors (Lipinski definition) is 2. The molecule has 0 spiro atoms. The van der Waals surface area contributed by atoms with Crippen molar-refractivity contribution in [2.75, 3.05) is 5.73 Å². The smallest absolute Gasteiger partial charge is 0.145 e. The summed E-state index contributed by atoms with van der Waals surface area (Å²) in [6.45, 7) is 0. The van der Waals surface area contributed by atoms with Crippen molar-refractivity contribution in [1.82, 2.24) is 19.9 Å². The highest BCUT2D eigenvalue weighted by Gasteiger charge is 2.08. The Hall–Kier alpha value is -2.17. The van der Waals surface area contributed by atoms with Crippen LogP contribution < -0.4 is 5.73 Å². The average Bonchev–Trinajstić information content (AvgIpc) is 2.57. The number of aromatic amines is 1. The lowest BCUT2D eigenvalue weighted by Crippen LogP contribution is -1.91. The quantitative estimate of drug-likeness (QED) is 0.549. The first-order chi connectivity index (χ1) is 6.86. The van der Waals surface area contributed by atoms with Crippen LogP contribution in [0.5, 0.6) is 0 Å². The number of rotatable bonds is 0. The molecule has 5 nitrogen and oxygen atoms in total. The number of nitrogens with one attached hydrogen (secondary N) is 1. The van der Waals surface area contributed by atoms with Crippen LogP contribution in [0.4, 0.5) is 5.82 Å². The molecule has 0 aromatic carbocycles. The standard InChI is InChI=1S/C9H7N5/c10-8-6-7-5(2-1-3-11-7)14-9(6)13-4-12-8/h1-4H,(H3,10,12,13,14). The largest absolute Gasteiger partial charge is 0.383 e. The van der Waals surface area contributed by atoms with Gasteiger partial charge in [-0.1, -0.05) is 0 Å². The number of nitrogens with two attached hydrogens (primary N) is 1. The molecule has 0 saturated carbocycles. The predicted molar refractivity (Wildman–Crippen MR) is 53.6 cm³/mol. The summed E-state index contributed by atoms with van der Waals surface area (Å²) >= 11 is 0. The van der Waals surface area contributed by atoms with Gasteiger partial charge in [0.15, 0.2) is 0 Å². The molecular weight excluding hydrogens is 178 g/mol. The second kappa shape index (κ2) is 2.41. The second-order valence-electron chi connectivity index (χ2n) is 3.01. The molecule has 0 bridgehead atoms. The van der Waals surface area contributed by atoms with E-state index in [1.54, 1.807) is 6.20 Å². The number of pyridine rings is 1.